The Morgan fingerprint density at radius 3 is 0.971 bits per heavy atom. The van der Waals surface area contributed by atoms with Crippen molar-refractivity contribution in [2.45, 2.75) is 0 Å². The van der Waals surface area contributed by atoms with Gasteiger partial charge >= 0.3 is 23.9 Å². The second-order valence-corrected chi connectivity index (χ2v) is 7.02. The van der Waals surface area contributed by atoms with E-state index < -0.39 is 46.1 Å². The largest absolute Gasteiger partial charge is 0.507 e. The van der Waals surface area contributed by atoms with E-state index in [1.165, 1.54) is 36.4 Å². The van der Waals surface area contributed by atoms with Gasteiger partial charge in [-0.05, 0) is 24.3 Å². The fourth-order valence-corrected chi connectivity index (χ4v) is 3.23. The van der Waals surface area contributed by atoms with Crippen molar-refractivity contribution in [3.8, 4) is 0 Å². The normalized spacial score (nSPS) is 10.4. The van der Waals surface area contributed by atoms with E-state index in [1.54, 1.807) is 0 Å². The zero-order chi connectivity index (χ0) is 25.2. The highest BCUT2D eigenvalue weighted by molar-refractivity contribution is 6.03. The zero-order valence-electron chi connectivity index (χ0n) is 17.1. The minimum atomic E-state index is -1.48. The van der Waals surface area contributed by atoms with Crippen LogP contribution >= 0.6 is 0 Å². The van der Waals surface area contributed by atoms with Gasteiger partial charge in [0.05, 0.1) is 22.3 Å². The SMILES string of the molecule is O=C(O)c1ccc(C(O)=c2ccc(=C(O)c3ccc(C(=O)O)c(C(=O)O)c3)cc2)cc1C(=O)O. The molecule has 0 fully saturated rings. The van der Waals surface area contributed by atoms with E-state index in [2.05, 4.69) is 0 Å². The van der Waals surface area contributed by atoms with Crippen LogP contribution < -0.4 is 10.4 Å². The van der Waals surface area contributed by atoms with Crippen molar-refractivity contribution < 1.29 is 49.8 Å². The Kier molecular flexibility index (Phi) is 6.35. The van der Waals surface area contributed by atoms with Crippen molar-refractivity contribution in [1.82, 2.24) is 0 Å². The summed E-state index contributed by atoms with van der Waals surface area (Å²) in [5, 5.41) is 58.2. The molecule has 0 aliphatic heterocycles. The number of benzene rings is 3. The molecule has 10 heteroatoms. The first-order valence-corrected chi connectivity index (χ1v) is 9.46. The smallest absolute Gasteiger partial charge is 0.336 e. The summed E-state index contributed by atoms with van der Waals surface area (Å²) in [5.74, 6) is -6.50. The van der Waals surface area contributed by atoms with Crippen molar-refractivity contribution >= 4 is 35.4 Å². The second kappa shape index (κ2) is 9.17. The van der Waals surface area contributed by atoms with Crippen LogP contribution in [0.25, 0.3) is 11.5 Å². The molecule has 0 saturated heterocycles. The van der Waals surface area contributed by atoms with E-state index in [9.17, 15) is 39.6 Å². The van der Waals surface area contributed by atoms with E-state index in [0.29, 0.717) is 0 Å². The summed E-state index contributed by atoms with van der Waals surface area (Å²) in [6, 6.07) is 12.3. The maximum absolute atomic E-state index is 11.4. The molecule has 10 nitrogen and oxygen atoms in total. The third-order valence-corrected chi connectivity index (χ3v) is 4.94. The molecule has 0 spiro atoms. The Labute approximate surface area is 190 Å². The molecule has 3 aromatic carbocycles. The Morgan fingerprint density at radius 1 is 0.412 bits per heavy atom. The van der Waals surface area contributed by atoms with Gasteiger partial charge in [-0.25, -0.2) is 19.2 Å². The first kappa shape index (κ1) is 23.5. The minimum Gasteiger partial charge on any atom is -0.507 e. The van der Waals surface area contributed by atoms with Gasteiger partial charge in [0.1, 0.15) is 11.5 Å². The Morgan fingerprint density at radius 2 is 0.706 bits per heavy atom. The maximum Gasteiger partial charge on any atom is 0.336 e. The topological polar surface area (TPSA) is 190 Å². The number of aliphatic hydroxyl groups is 2. The summed E-state index contributed by atoms with van der Waals surface area (Å²) in [6.07, 6.45) is 0. The van der Waals surface area contributed by atoms with Gasteiger partial charge in [-0.3, -0.25) is 0 Å². The van der Waals surface area contributed by atoms with Crippen molar-refractivity contribution in [2.75, 3.05) is 0 Å². The molecule has 0 heterocycles. The lowest BCUT2D eigenvalue weighted by Gasteiger charge is -2.07. The lowest BCUT2D eigenvalue weighted by Crippen LogP contribution is -2.15. The van der Waals surface area contributed by atoms with Crippen molar-refractivity contribution in [3.05, 3.63) is 104 Å². The molecule has 3 rings (SSSR count). The summed E-state index contributed by atoms with van der Waals surface area (Å²) < 4.78 is 0. The number of aromatic carboxylic acids is 4. The number of hydrogen-bond acceptors (Lipinski definition) is 6. The molecule has 0 aliphatic carbocycles. The molecular formula is C24H16O10. The minimum absolute atomic E-state index is 0.0544. The first-order valence-electron chi connectivity index (χ1n) is 9.46. The van der Waals surface area contributed by atoms with Crippen LogP contribution in [0.5, 0.6) is 0 Å². The van der Waals surface area contributed by atoms with E-state index >= 15 is 0 Å². The molecule has 34 heavy (non-hydrogen) atoms. The number of carbonyl (C=O) groups is 4. The monoisotopic (exact) mass is 464 g/mol. The van der Waals surface area contributed by atoms with Crippen molar-refractivity contribution in [1.29, 1.82) is 0 Å². The molecular weight excluding hydrogens is 448 g/mol. The quantitative estimate of drug-likeness (QED) is 0.314. The molecule has 0 unspecified atom stereocenters. The van der Waals surface area contributed by atoms with Gasteiger partial charge in [-0.2, -0.15) is 0 Å². The Balaban J connectivity index is 2.09. The van der Waals surface area contributed by atoms with E-state index in [1.807, 2.05) is 0 Å². The molecule has 0 aromatic heterocycles. The van der Waals surface area contributed by atoms with Crippen LogP contribution in [0, 0.1) is 0 Å². The zero-order valence-corrected chi connectivity index (χ0v) is 17.1. The van der Waals surface area contributed by atoms with Crippen LogP contribution in [-0.4, -0.2) is 54.5 Å². The number of hydrogen-bond donors (Lipinski definition) is 6. The molecule has 0 radical (unpaired) electrons. The number of rotatable bonds is 6. The highest BCUT2D eigenvalue weighted by Crippen LogP contribution is 2.18. The fraction of sp³-hybridized carbons (Fsp3) is 0. The van der Waals surface area contributed by atoms with Crippen LogP contribution in [0.15, 0.2) is 60.7 Å². The third-order valence-electron chi connectivity index (χ3n) is 4.94. The summed E-state index contributed by atoms with van der Waals surface area (Å²) in [6.45, 7) is 0. The van der Waals surface area contributed by atoms with Gasteiger partial charge in [0.2, 0.25) is 0 Å². The molecule has 0 amide bonds. The first-order chi connectivity index (χ1) is 16.0. The third kappa shape index (κ3) is 4.55. The van der Waals surface area contributed by atoms with Gasteiger partial charge in [0.15, 0.2) is 0 Å². The Hall–Kier alpha value is -5.12. The van der Waals surface area contributed by atoms with Gasteiger partial charge in [0.25, 0.3) is 0 Å². The van der Waals surface area contributed by atoms with Gasteiger partial charge in [0, 0.05) is 21.6 Å². The standard InChI is InChI=1S/C24H16O10/c25-19(13-5-7-15(21(27)28)17(9-13)23(31)32)11-1-2-12(4-3-11)20(26)14-6-8-16(22(29)30)18(10-14)24(33)34/h1-10,25-26H,(H,27,28)(H,29,30)(H,31,32)(H,33,34). The molecule has 0 saturated carbocycles. The summed E-state index contributed by atoms with van der Waals surface area (Å²) in [7, 11) is 0. The van der Waals surface area contributed by atoms with Gasteiger partial charge < -0.3 is 30.6 Å². The molecule has 172 valence electrons. The van der Waals surface area contributed by atoms with Crippen LogP contribution in [0.1, 0.15) is 52.6 Å². The average molecular weight is 464 g/mol. The Bertz CT molecular complexity index is 1350. The van der Waals surface area contributed by atoms with E-state index in [-0.39, 0.29) is 33.1 Å². The molecule has 0 atom stereocenters. The van der Waals surface area contributed by atoms with Crippen LogP contribution in [0.3, 0.4) is 0 Å². The highest BCUT2D eigenvalue weighted by atomic mass is 16.4. The fourth-order valence-electron chi connectivity index (χ4n) is 3.23. The predicted octanol–water partition coefficient (Wildman–Crippen LogP) is 1.91. The molecule has 3 aromatic rings. The van der Waals surface area contributed by atoms with Crippen LogP contribution in [-0.2, 0) is 0 Å². The average Bonchev–Trinajstić information content (AvgIpc) is 2.82. The predicted molar refractivity (Wildman–Crippen MR) is 117 cm³/mol. The van der Waals surface area contributed by atoms with Crippen LogP contribution in [0.2, 0.25) is 0 Å². The van der Waals surface area contributed by atoms with E-state index in [4.69, 9.17) is 10.2 Å². The summed E-state index contributed by atoms with van der Waals surface area (Å²) in [5.41, 5.74) is -1.77. The number of aliphatic hydroxyl groups excluding tert-OH is 2. The second-order valence-electron chi connectivity index (χ2n) is 7.02. The van der Waals surface area contributed by atoms with Crippen molar-refractivity contribution in [2.24, 2.45) is 0 Å². The lowest BCUT2D eigenvalue weighted by molar-refractivity contribution is 0.0651. The van der Waals surface area contributed by atoms with Gasteiger partial charge in [-0.1, -0.05) is 36.4 Å². The maximum atomic E-state index is 11.4. The van der Waals surface area contributed by atoms with E-state index in [0.717, 1.165) is 24.3 Å². The number of carboxylic acids is 4. The molecule has 0 aliphatic rings. The molecule has 6 N–H and O–H groups in total. The van der Waals surface area contributed by atoms with Crippen LogP contribution in [0.4, 0.5) is 0 Å². The van der Waals surface area contributed by atoms with Crippen molar-refractivity contribution in [3.63, 3.8) is 0 Å². The van der Waals surface area contributed by atoms with Gasteiger partial charge in [-0.15, -0.1) is 0 Å². The highest BCUT2D eigenvalue weighted by Gasteiger charge is 2.18. The lowest BCUT2D eigenvalue weighted by atomic mass is 10.0. The summed E-state index contributed by atoms with van der Waals surface area (Å²) >= 11 is 0. The summed E-state index contributed by atoms with van der Waals surface area (Å²) in [4.78, 5) is 45.1. The molecule has 0 bridgehead atoms. The number of carboxylic acid groups (broad SMARTS) is 4.